The number of hydrogen-bond donors (Lipinski definition) is 1. The van der Waals surface area contributed by atoms with Crippen molar-refractivity contribution in [1.82, 2.24) is 4.90 Å². The molecule has 0 fully saturated rings. The van der Waals surface area contributed by atoms with Gasteiger partial charge in [-0.3, -0.25) is 4.79 Å². The third kappa shape index (κ3) is 3.36. The van der Waals surface area contributed by atoms with E-state index in [1.165, 1.54) is 11.0 Å². The molecule has 29 heavy (non-hydrogen) atoms. The summed E-state index contributed by atoms with van der Waals surface area (Å²) in [4.78, 5) is 14.5. The Bertz CT molecular complexity index is 1080. The summed E-state index contributed by atoms with van der Waals surface area (Å²) in [7, 11) is 1.56. The lowest BCUT2D eigenvalue weighted by Gasteiger charge is -2.28. The van der Waals surface area contributed by atoms with Gasteiger partial charge in [-0.15, -0.1) is 0 Å². The number of nitrogens with zero attached hydrogens (tertiary/aromatic N) is 1. The van der Waals surface area contributed by atoms with Crippen molar-refractivity contribution in [1.29, 1.82) is 0 Å². The Morgan fingerprint density at radius 2 is 1.62 bits per heavy atom. The second-order valence-corrected chi connectivity index (χ2v) is 6.80. The molecule has 0 spiro atoms. The highest BCUT2D eigenvalue weighted by Crippen LogP contribution is 2.44. The average molecular weight is 389 g/mol. The minimum Gasteiger partial charge on any atom is -0.503 e. The molecule has 1 N–H and O–H groups in total. The Morgan fingerprint density at radius 3 is 2.34 bits per heavy atom. The van der Waals surface area contributed by atoms with Crippen LogP contribution < -0.4 is 4.74 Å². The Balaban J connectivity index is 1.85. The topological polar surface area (TPSA) is 49.8 Å². The normalized spacial score (nSPS) is 16.4. The van der Waals surface area contributed by atoms with Gasteiger partial charge >= 0.3 is 0 Å². The first kappa shape index (κ1) is 18.7. The van der Waals surface area contributed by atoms with Crippen molar-refractivity contribution in [2.45, 2.75) is 12.6 Å². The second-order valence-electron chi connectivity index (χ2n) is 6.80. The average Bonchev–Trinajstić information content (AvgIpc) is 3.00. The lowest BCUT2D eigenvalue weighted by atomic mass is 9.93. The maximum atomic E-state index is 14.8. The van der Waals surface area contributed by atoms with Crippen LogP contribution in [0.1, 0.15) is 22.7 Å². The number of halogens is 1. The molecule has 0 saturated heterocycles. The molecule has 1 heterocycles. The van der Waals surface area contributed by atoms with Gasteiger partial charge in [-0.25, -0.2) is 4.39 Å². The molecule has 5 heteroatoms. The standard InChI is InChI=1S/C24H20FNO3/c1-29-20-14-8-5-11-17(20)15-26-22(18-12-6-7-13-19(18)25)21(23(27)24(26)28)16-9-3-2-4-10-16/h2-14,22,27H,15H2,1H3/t22-/m0/s1. The van der Waals surface area contributed by atoms with Crippen molar-refractivity contribution < 1.29 is 19.0 Å². The van der Waals surface area contributed by atoms with Crippen molar-refractivity contribution in [2.24, 2.45) is 0 Å². The summed E-state index contributed by atoms with van der Waals surface area (Å²) in [6.07, 6.45) is 0. The SMILES string of the molecule is COc1ccccc1CN1C(=O)C(O)=C(c2ccccc2)[C@@H]1c1ccccc1F. The number of hydrogen-bond acceptors (Lipinski definition) is 3. The molecule has 1 aliphatic heterocycles. The van der Waals surface area contributed by atoms with Crippen LogP contribution in [0.2, 0.25) is 0 Å². The number of aliphatic hydroxyl groups is 1. The van der Waals surface area contributed by atoms with Crippen LogP contribution in [-0.4, -0.2) is 23.0 Å². The van der Waals surface area contributed by atoms with E-state index in [0.29, 0.717) is 22.4 Å². The molecule has 1 atom stereocenters. The van der Waals surface area contributed by atoms with Crippen LogP contribution in [0, 0.1) is 5.82 Å². The number of para-hydroxylation sites is 1. The van der Waals surface area contributed by atoms with Crippen LogP contribution in [-0.2, 0) is 11.3 Å². The molecule has 0 saturated carbocycles. The van der Waals surface area contributed by atoms with E-state index in [4.69, 9.17) is 4.74 Å². The zero-order chi connectivity index (χ0) is 20.4. The fraction of sp³-hybridized carbons (Fsp3) is 0.125. The maximum absolute atomic E-state index is 14.8. The second kappa shape index (κ2) is 7.80. The van der Waals surface area contributed by atoms with Crippen molar-refractivity contribution in [3.8, 4) is 5.75 Å². The zero-order valence-electron chi connectivity index (χ0n) is 15.9. The molecule has 0 aliphatic carbocycles. The molecule has 1 amide bonds. The number of amides is 1. The van der Waals surface area contributed by atoms with Gasteiger partial charge in [0.05, 0.1) is 19.7 Å². The smallest absolute Gasteiger partial charge is 0.290 e. The van der Waals surface area contributed by atoms with Gasteiger partial charge in [0.1, 0.15) is 11.6 Å². The monoisotopic (exact) mass is 389 g/mol. The van der Waals surface area contributed by atoms with Gasteiger partial charge in [0.15, 0.2) is 5.76 Å². The first-order valence-electron chi connectivity index (χ1n) is 9.27. The number of methoxy groups -OCH3 is 1. The Labute approximate surface area is 168 Å². The maximum Gasteiger partial charge on any atom is 0.290 e. The number of carbonyl (C=O) groups excluding carboxylic acids is 1. The summed E-state index contributed by atoms with van der Waals surface area (Å²) in [5.74, 6) is -0.707. The van der Waals surface area contributed by atoms with Crippen molar-refractivity contribution in [3.05, 3.63) is 107 Å². The molecule has 3 aromatic rings. The van der Waals surface area contributed by atoms with Crippen LogP contribution in [0.25, 0.3) is 5.57 Å². The van der Waals surface area contributed by atoms with Crippen LogP contribution in [0.4, 0.5) is 4.39 Å². The van der Waals surface area contributed by atoms with Crippen molar-refractivity contribution in [2.75, 3.05) is 7.11 Å². The third-order valence-electron chi connectivity index (χ3n) is 5.12. The van der Waals surface area contributed by atoms with E-state index in [1.54, 1.807) is 43.5 Å². The van der Waals surface area contributed by atoms with Gasteiger partial charge in [-0.2, -0.15) is 0 Å². The van der Waals surface area contributed by atoms with E-state index in [-0.39, 0.29) is 12.3 Å². The molecule has 146 valence electrons. The molecule has 4 nitrogen and oxygen atoms in total. The highest BCUT2D eigenvalue weighted by molar-refractivity contribution is 6.05. The fourth-order valence-corrected chi connectivity index (χ4v) is 3.77. The molecular weight excluding hydrogens is 369 g/mol. The molecule has 0 bridgehead atoms. The summed E-state index contributed by atoms with van der Waals surface area (Å²) >= 11 is 0. The van der Waals surface area contributed by atoms with E-state index >= 15 is 0 Å². The molecule has 4 rings (SSSR count). The number of rotatable bonds is 5. The lowest BCUT2D eigenvalue weighted by molar-refractivity contribution is -0.130. The lowest BCUT2D eigenvalue weighted by Crippen LogP contribution is -2.30. The highest BCUT2D eigenvalue weighted by Gasteiger charge is 2.42. The number of benzene rings is 3. The van der Waals surface area contributed by atoms with E-state index in [0.717, 1.165) is 5.56 Å². The summed E-state index contributed by atoms with van der Waals surface area (Å²) < 4.78 is 20.2. The number of ether oxygens (including phenoxy) is 1. The number of aliphatic hydroxyl groups excluding tert-OH is 1. The van der Waals surface area contributed by atoms with Gasteiger partial charge < -0.3 is 14.7 Å². The Hall–Kier alpha value is -3.60. The van der Waals surface area contributed by atoms with Crippen LogP contribution >= 0.6 is 0 Å². The van der Waals surface area contributed by atoms with Crippen molar-refractivity contribution in [3.63, 3.8) is 0 Å². The van der Waals surface area contributed by atoms with Gasteiger partial charge in [0.25, 0.3) is 5.91 Å². The van der Waals surface area contributed by atoms with Gasteiger partial charge in [0.2, 0.25) is 0 Å². The van der Waals surface area contributed by atoms with E-state index in [9.17, 15) is 14.3 Å². The Morgan fingerprint density at radius 1 is 0.966 bits per heavy atom. The predicted molar refractivity (Wildman–Crippen MR) is 109 cm³/mol. The summed E-state index contributed by atoms with van der Waals surface area (Å²) in [6, 6.07) is 22.0. The zero-order valence-corrected chi connectivity index (χ0v) is 15.9. The third-order valence-corrected chi connectivity index (χ3v) is 5.12. The van der Waals surface area contributed by atoms with E-state index in [2.05, 4.69) is 0 Å². The summed E-state index contributed by atoms with van der Waals surface area (Å²) in [5.41, 5.74) is 2.18. The minimum atomic E-state index is -0.754. The largest absolute Gasteiger partial charge is 0.503 e. The Kier molecular flexibility index (Phi) is 5.04. The fourth-order valence-electron chi connectivity index (χ4n) is 3.77. The molecule has 0 unspecified atom stereocenters. The summed E-state index contributed by atoms with van der Waals surface area (Å²) in [5, 5.41) is 10.7. The molecule has 0 aromatic heterocycles. The van der Waals surface area contributed by atoms with Gasteiger partial charge in [0, 0.05) is 16.7 Å². The first-order valence-corrected chi connectivity index (χ1v) is 9.27. The molecule has 3 aromatic carbocycles. The molecule has 0 radical (unpaired) electrons. The van der Waals surface area contributed by atoms with Gasteiger partial charge in [-0.05, 0) is 17.7 Å². The first-order chi connectivity index (χ1) is 14.1. The minimum absolute atomic E-state index is 0.169. The number of carbonyl (C=O) groups is 1. The quantitative estimate of drug-likeness (QED) is 0.676. The molecular formula is C24H20FNO3. The van der Waals surface area contributed by atoms with E-state index < -0.39 is 17.8 Å². The highest BCUT2D eigenvalue weighted by atomic mass is 19.1. The van der Waals surface area contributed by atoms with Gasteiger partial charge in [-0.1, -0.05) is 66.7 Å². The molecule has 1 aliphatic rings. The van der Waals surface area contributed by atoms with Crippen LogP contribution in [0.3, 0.4) is 0 Å². The van der Waals surface area contributed by atoms with Crippen molar-refractivity contribution >= 4 is 11.5 Å². The van der Waals surface area contributed by atoms with E-state index in [1.807, 2.05) is 36.4 Å². The predicted octanol–water partition coefficient (Wildman–Crippen LogP) is 4.89. The van der Waals surface area contributed by atoms with Crippen LogP contribution in [0.5, 0.6) is 5.75 Å². The summed E-state index contributed by atoms with van der Waals surface area (Å²) in [6.45, 7) is 0.169. The van der Waals surface area contributed by atoms with Crippen LogP contribution in [0.15, 0.2) is 84.6 Å².